The zero-order valence-corrected chi connectivity index (χ0v) is 17.9. The van der Waals surface area contributed by atoms with Crippen molar-refractivity contribution in [1.29, 1.82) is 0 Å². The standard InChI is InChI=1S/C27H25NO3/c1-17-7-9-18(10-8-17)21-15-16-27(2,3)23-6-4-5-22(24(21)23)25(29)28-20-13-11-19(12-14-20)26(30)31/h4-15H,16H2,1-3H3,(H,28,29)(H,30,31). The number of carboxylic acid groups (broad SMARTS) is 1. The maximum absolute atomic E-state index is 13.3. The summed E-state index contributed by atoms with van der Waals surface area (Å²) >= 11 is 0. The molecule has 0 unspecified atom stereocenters. The number of allylic oxidation sites excluding steroid dienone is 1. The third kappa shape index (κ3) is 4.02. The van der Waals surface area contributed by atoms with E-state index in [1.165, 1.54) is 17.7 Å². The van der Waals surface area contributed by atoms with Gasteiger partial charge in [-0.25, -0.2) is 4.79 Å². The number of hydrogen-bond acceptors (Lipinski definition) is 2. The van der Waals surface area contributed by atoms with Gasteiger partial charge in [-0.15, -0.1) is 0 Å². The minimum atomic E-state index is -0.995. The summed E-state index contributed by atoms with van der Waals surface area (Å²) in [7, 11) is 0. The average molecular weight is 412 g/mol. The maximum Gasteiger partial charge on any atom is 0.335 e. The third-order valence-electron chi connectivity index (χ3n) is 5.88. The van der Waals surface area contributed by atoms with Gasteiger partial charge in [0.05, 0.1) is 5.56 Å². The first-order valence-corrected chi connectivity index (χ1v) is 10.3. The van der Waals surface area contributed by atoms with Gasteiger partial charge in [-0.05, 0) is 71.4 Å². The van der Waals surface area contributed by atoms with E-state index in [0.717, 1.165) is 28.7 Å². The Bertz CT molecular complexity index is 1190. The highest BCUT2D eigenvalue weighted by molar-refractivity contribution is 6.09. The number of nitrogens with one attached hydrogen (secondary N) is 1. The van der Waals surface area contributed by atoms with E-state index < -0.39 is 5.97 Å². The van der Waals surface area contributed by atoms with Gasteiger partial charge in [0, 0.05) is 11.3 Å². The van der Waals surface area contributed by atoms with Crippen molar-refractivity contribution in [3.8, 4) is 0 Å². The first-order chi connectivity index (χ1) is 14.8. The highest BCUT2D eigenvalue weighted by atomic mass is 16.4. The molecule has 3 aromatic rings. The number of anilines is 1. The molecule has 1 amide bonds. The van der Waals surface area contributed by atoms with Crippen LogP contribution in [0.2, 0.25) is 0 Å². The first-order valence-electron chi connectivity index (χ1n) is 10.3. The van der Waals surface area contributed by atoms with Crippen molar-refractivity contribution in [3.63, 3.8) is 0 Å². The number of aromatic carboxylic acids is 1. The molecule has 3 aromatic carbocycles. The lowest BCUT2D eigenvalue weighted by Gasteiger charge is -2.33. The molecule has 4 heteroatoms. The van der Waals surface area contributed by atoms with Crippen LogP contribution in [0.3, 0.4) is 0 Å². The minimum absolute atomic E-state index is 0.0804. The number of carbonyl (C=O) groups is 2. The summed E-state index contributed by atoms with van der Waals surface area (Å²) < 4.78 is 0. The van der Waals surface area contributed by atoms with Gasteiger partial charge in [-0.1, -0.05) is 61.9 Å². The third-order valence-corrected chi connectivity index (χ3v) is 5.88. The predicted octanol–water partition coefficient (Wildman–Crippen LogP) is 6.06. The molecule has 0 saturated heterocycles. The van der Waals surface area contributed by atoms with Crippen LogP contribution < -0.4 is 5.32 Å². The second kappa shape index (κ2) is 7.88. The molecule has 31 heavy (non-hydrogen) atoms. The lowest BCUT2D eigenvalue weighted by molar-refractivity contribution is 0.0696. The molecule has 0 saturated carbocycles. The fourth-order valence-corrected chi connectivity index (χ4v) is 4.05. The van der Waals surface area contributed by atoms with Gasteiger partial charge in [0.25, 0.3) is 5.91 Å². The van der Waals surface area contributed by atoms with E-state index in [1.54, 1.807) is 12.1 Å². The van der Waals surface area contributed by atoms with E-state index in [1.807, 2.05) is 12.1 Å². The molecule has 0 atom stereocenters. The van der Waals surface area contributed by atoms with Crippen LogP contribution in [0.1, 0.15) is 63.2 Å². The predicted molar refractivity (Wildman–Crippen MR) is 124 cm³/mol. The van der Waals surface area contributed by atoms with Crippen molar-refractivity contribution in [1.82, 2.24) is 0 Å². The van der Waals surface area contributed by atoms with Crippen molar-refractivity contribution in [2.45, 2.75) is 32.6 Å². The van der Waals surface area contributed by atoms with Crippen LogP contribution in [0.25, 0.3) is 5.57 Å². The molecule has 0 fully saturated rings. The van der Waals surface area contributed by atoms with Gasteiger partial charge in [0.2, 0.25) is 0 Å². The molecule has 0 spiro atoms. The van der Waals surface area contributed by atoms with Gasteiger partial charge in [0.1, 0.15) is 0 Å². The zero-order chi connectivity index (χ0) is 22.2. The second-order valence-electron chi connectivity index (χ2n) is 8.64. The Morgan fingerprint density at radius 3 is 2.26 bits per heavy atom. The van der Waals surface area contributed by atoms with Crippen LogP contribution >= 0.6 is 0 Å². The van der Waals surface area contributed by atoms with Crippen LogP contribution in [0.15, 0.2) is 72.8 Å². The number of benzene rings is 3. The Balaban J connectivity index is 1.76. The van der Waals surface area contributed by atoms with E-state index in [9.17, 15) is 9.59 Å². The molecule has 1 aliphatic carbocycles. The van der Waals surface area contributed by atoms with Gasteiger partial charge in [-0.2, -0.15) is 0 Å². The Morgan fingerprint density at radius 1 is 0.935 bits per heavy atom. The quantitative estimate of drug-likeness (QED) is 0.548. The van der Waals surface area contributed by atoms with Crippen LogP contribution in [-0.4, -0.2) is 17.0 Å². The van der Waals surface area contributed by atoms with Crippen molar-refractivity contribution >= 4 is 23.1 Å². The fourth-order valence-electron chi connectivity index (χ4n) is 4.05. The molecule has 4 nitrogen and oxygen atoms in total. The Hall–Kier alpha value is -3.66. The minimum Gasteiger partial charge on any atom is -0.478 e. The summed E-state index contributed by atoms with van der Waals surface area (Å²) in [5.41, 5.74) is 6.74. The van der Waals surface area contributed by atoms with Crippen molar-refractivity contribution in [3.05, 3.63) is 106 Å². The number of amides is 1. The number of carboxylic acids is 1. The highest BCUT2D eigenvalue weighted by Crippen LogP contribution is 2.43. The summed E-state index contributed by atoms with van der Waals surface area (Å²) in [5, 5.41) is 12.0. The lowest BCUT2D eigenvalue weighted by atomic mass is 9.71. The second-order valence-corrected chi connectivity index (χ2v) is 8.64. The van der Waals surface area contributed by atoms with Gasteiger partial charge in [-0.3, -0.25) is 4.79 Å². The van der Waals surface area contributed by atoms with Gasteiger partial charge >= 0.3 is 5.97 Å². The summed E-state index contributed by atoms with van der Waals surface area (Å²) in [6.07, 6.45) is 3.12. The summed E-state index contributed by atoms with van der Waals surface area (Å²) in [6, 6.07) is 20.4. The Morgan fingerprint density at radius 2 is 1.61 bits per heavy atom. The topological polar surface area (TPSA) is 66.4 Å². The number of carbonyl (C=O) groups excluding carboxylic acids is 1. The normalized spacial score (nSPS) is 14.4. The summed E-state index contributed by atoms with van der Waals surface area (Å²) in [5.74, 6) is -1.21. The van der Waals surface area contributed by atoms with Crippen molar-refractivity contribution < 1.29 is 14.7 Å². The van der Waals surface area contributed by atoms with Crippen LogP contribution in [-0.2, 0) is 5.41 Å². The molecular weight excluding hydrogens is 386 g/mol. The smallest absolute Gasteiger partial charge is 0.335 e. The largest absolute Gasteiger partial charge is 0.478 e. The maximum atomic E-state index is 13.3. The number of fused-ring (bicyclic) bond motifs is 1. The van der Waals surface area contributed by atoms with E-state index in [-0.39, 0.29) is 16.9 Å². The van der Waals surface area contributed by atoms with E-state index >= 15 is 0 Å². The molecule has 1 aliphatic rings. The summed E-state index contributed by atoms with van der Waals surface area (Å²) in [4.78, 5) is 24.4. The molecule has 0 bridgehead atoms. The molecule has 4 rings (SSSR count). The number of aryl methyl sites for hydroxylation is 1. The molecular formula is C27H25NO3. The van der Waals surface area contributed by atoms with Gasteiger partial charge < -0.3 is 10.4 Å². The Labute approximate surface area is 182 Å². The molecule has 0 aromatic heterocycles. The average Bonchev–Trinajstić information content (AvgIpc) is 2.75. The van der Waals surface area contributed by atoms with Crippen molar-refractivity contribution in [2.24, 2.45) is 0 Å². The van der Waals surface area contributed by atoms with E-state index in [0.29, 0.717) is 11.3 Å². The van der Waals surface area contributed by atoms with Crippen LogP contribution in [0, 0.1) is 6.92 Å². The van der Waals surface area contributed by atoms with Crippen LogP contribution in [0.5, 0.6) is 0 Å². The molecule has 156 valence electrons. The first kappa shape index (κ1) is 20.6. The number of hydrogen-bond donors (Lipinski definition) is 2. The fraction of sp³-hybridized carbons (Fsp3) is 0.185. The highest BCUT2D eigenvalue weighted by Gasteiger charge is 2.31. The Kier molecular flexibility index (Phi) is 5.24. The van der Waals surface area contributed by atoms with Crippen molar-refractivity contribution in [2.75, 3.05) is 5.32 Å². The lowest BCUT2D eigenvalue weighted by Crippen LogP contribution is -2.25. The van der Waals surface area contributed by atoms with Crippen LogP contribution in [0.4, 0.5) is 5.69 Å². The SMILES string of the molecule is Cc1ccc(C2=CCC(C)(C)c3cccc(C(=O)Nc4ccc(C(=O)O)cc4)c32)cc1. The molecule has 0 heterocycles. The molecule has 2 N–H and O–H groups in total. The van der Waals surface area contributed by atoms with E-state index in [2.05, 4.69) is 62.5 Å². The monoisotopic (exact) mass is 411 g/mol. The molecule has 0 aliphatic heterocycles. The zero-order valence-electron chi connectivity index (χ0n) is 17.9. The van der Waals surface area contributed by atoms with E-state index in [4.69, 9.17) is 5.11 Å². The number of rotatable bonds is 4. The summed E-state index contributed by atoms with van der Waals surface area (Å²) in [6.45, 7) is 6.45. The van der Waals surface area contributed by atoms with Gasteiger partial charge in [0.15, 0.2) is 0 Å². The molecule has 0 radical (unpaired) electrons.